The summed E-state index contributed by atoms with van der Waals surface area (Å²) in [6.07, 6.45) is 9.86. The van der Waals surface area contributed by atoms with Gasteiger partial charge < -0.3 is 5.11 Å². The molecule has 1 N–H and O–H groups in total. The van der Waals surface area contributed by atoms with Gasteiger partial charge in [0.25, 0.3) is 0 Å². The van der Waals surface area contributed by atoms with E-state index in [4.69, 9.17) is 5.11 Å². The molecule has 0 aromatic rings. The molecule has 0 aromatic heterocycles. The van der Waals surface area contributed by atoms with Crippen LogP contribution < -0.4 is 0 Å². The van der Waals surface area contributed by atoms with Crippen molar-refractivity contribution in [1.82, 2.24) is 0 Å². The summed E-state index contributed by atoms with van der Waals surface area (Å²) < 4.78 is 0. The van der Waals surface area contributed by atoms with E-state index in [0.29, 0.717) is 6.42 Å². The Kier molecular flexibility index (Phi) is 11.3. The number of carboxylic acid groups (broad SMARTS) is 1. The first-order valence-electron chi connectivity index (χ1n) is 7.29. The minimum absolute atomic E-state index is 0.310. The monoisotopic (exact) mass is 296 g/mol. The number of hydrogen-bond acceptors (Lipinski definition) is 2. The first-order chi connectivity index (χ1) is 9.43. The van der Waals surface area contributed by atoms with Crippen molar-refractivity contribution < 1.29 is 9.90 Å². The largest absolute Gasteiger partial charge is 0.481 e. The lowest BCUT2D eigenvalue weighted by Gasteiger charge is -2.04. The minimum Gasteiger partial charge on any atom is -0.481 e. The summed E-state index contributed by atoms with van der Waals surface area (Å²) in [5, 5.41) is 8.53. The number of thioether (sulfide) groups is 1. The normalized spacial score (nSPS) is 12.6. The fourth-order valence-electron chi connectivity index (χ4n) is 1.63. The van der Waals surface area contributed by atoms with Crippen LogP contribution in [-0.4, -0.2) is 16.8 Å². The summed E-state index contributed by atoms with van der Waals surface area (Å²) >= 11 is 1.91. The topological polar surface area (TPSA) is 37.3 Å². The van der Waals surface area contributed by atoms with E-state index in [0.717, 1.165) is 30.6 Å². The first-order valence-corrected chi connectivity index (χ1v) is 8.27. The van der Waals surface area contributed by atoms with Crippen LogP contribution in [0.2, 0.25) is 0 Å². The molecule has 20 heavy (non-hydrogen) atoms. The second-order valence-electron chi connectivity index (χ2n) is 5.18. The van der Waals surface area contributed by atoms with Gasteiger partial charge in [-0.25, -0.2) is 0 Å². The maximum Gasteiger partial charge on any atom is 0.303 e. The van der Waals surface area contributed by atoms with Crippen LogP contribution in [0.25, 0.3) is 0 Å². The van der Waals surface area contributed by atoms with Crippen molar-refractivity contribution in [2.75, 3.05) is 5.75 Å². The van der Waals surface area contributed by atoms with Gasteiger partial charge in [-0.1, -0.05) is 43.6 Å². The number of aliphatic carboxylic acids is 1. The van der Waals surface area contributed by atoms with Crippen molar-refractivity contribution in [1.29, 1.82) is 0 Å². The van der Waals surface area contributed by atoms with Crippen molar-refractivity contribution in [3.8, 4) is 0 Å². The summed E-state index contributed by atoms with van der Waals surface area (Å²) in [6, 6.07) is 0. The number of hydrogen-bond donors (Lipinski definition) is 1. The van der Waals surface area contributed by atoms with Crippen molar-refractivity contribution in [3.05, 3.63) is 34.8 Å². The van der Waals surface area contributed by atoms with Crippen molar-refractivity contribution in [3.63, 3.8) is 0 Å². The Morgan fingerprint density at radius 3 is 2.25 bits per heavy atom. The number of carbonyl (C=O) groups is 1. The predicted octanol–water partition coefficient (Wildman–Crippen LogP) is 5.57. The molecule has 0 radical (unpaired) electrons. The lowest BCUT2D eigenvalue weighted by molar-refractivity contribution is -0.137. The van der Waals surface area contributed by atoms with Gasteiger partial charge in [0.05, 0.1) is 0 Å². The fraction of sp³-hybridized carbons (Fsp3) is 0.588. The predicted molar refractivity (Wildman–Crippen MR) is 90.1 cm³/mol. The van der Waals surface area contributed by atoms with Crippen molar-refractivity contribution >= 4 is 17.7 Å². The SMILES string of the molecule is C=C(C)/C=C\C(C)=C(/C)SCCCCCCCC(=O)O. The summed E-state index contributed by atoms with van der Waals surface area (Å²) in [6.45, 7) is 10.1. The average Bonchev–Trinajstić information content (AvgIpc) is 2.38. The van der Waals surface area contributed by atoms with Gasteiger partial charge in [-0.3, -0.25) is 4.79 Å². The fourth-order valence-corrected chi connectivity index (χ4v) is 2.58. The lowest BCUT2D eigenvalue weighted by Crippen LogP contribution is -1.93. The van der Waals surface area contributed by atoms with Crippen LogP contribution in [-0.2, 0) is 4.79 Å². The number of unbranched alkanes of at least 4 members (excludes halogenated alkanes) is 4. The van der Waals surface area contributed by atoms with Crippen LogP contribution >= 0.6 is 11.8 Å². The molecule has 0 atom stereocenters. The standard InChI is InChI=1S/C17H28O2S/c1-14(2)11-12-15(3)16(4)20-13-9-7-5-6-8-10-17(18)19/h11-12H,1,5-10,13H2,2-4H3,(H,18,19)/b12-11-,16-15+. The third kappa shape index (κ3) is 12.1. The average molecular weight is 296 g/mol. The molecule has 0 unspecified atom stereocenters. The Morgan fingerprint density at radius 1 is 1.05 bits per heavy atom. The van der Waals surface area contributed by atoms with Gasteiger partial charge in [-0.15, -0.1) is 11.8 Å². The summed E-state index contributed by atoms with van der Waals surface area (Å²) in [5.41, 5.74) is 2.38. The van der Waals surface area contributed by atoms with E-state index in [1.165, 1.54) is 23.3 Å². The van der Waals surface area contributed by atoms with Gasteiger partial charge in [0.2, 0.25) is 0 Å². The van der Waals surface area contributed by atoms with E-state index in [-0.39, 0.29) is 0 Å². The Hall–Kier alpha value is -0.960. The highest BCUT2D eigenvalue weighted by molar-refractivity contribution is 8.03. The molecule has 0 bridgehead atoms. The Balaban J connectivity index is 3.66. The van der Waals surface area contributed by atoms with Gasteiger partial charge in [0.1, 0.15) is 0 Å². The second kappa shape index (κ2) is 11.8. The molecule has 0 saturated heterocycles. The molecular formula is C17H28O2S. The Bertz CT molecular complexity index is 367. The Morgan fingerprint density at radius 2 is 1.65 bits per heavy atom. The number of carboxylic acids is 1. The summed E-state index contributed by atoms with van der Waals surface area (Å²) in [4.78, 5) is 11.7. The quantitative estimate of drug-likeness (QED) is 0.400. The zero-order valence-corrected chi connectivity index (χ0v) is 13.9. The number of rotatable bonds is 11. The van der Waals surface area contributed by atoms with Crippen LogP contribution in [0, 0.1) is 0 Å². The lowest BCUT2D eigenvalue weighted by atomic mass is 10.1. The van der Waals surface area contributed by atoms with Gasteiger partial charge in [-0.05, 0) is 49.8 Å². The maximum absolute atomic E-state index is 10.3. The van der Waals surface area contributed by atoms with Gasteiger partial charge in [0.15, 0.2) is 0 Å². The van der Waals surface area contributed by atoms with E-state index in [1.54, 1.807) is 0 Å². The molecule has 0 amide bonds. The van der Waals surface area contributed by atoms with E-state index in [2.05, 4.69) is 26.5 Å². The molecule has 0 fully saturated rings. The van der Waals surface area contributed by atoms with Crippen molar-refractivity contribution in [2.24, 2.45) is 0 Å². The van der Waals surface area contributed by atoms with Crippen LogP contribution in [0.1, 0.15) is 59.3 Å². The van der Waals surface area contributed by atoms with E-state index >= 15 is 0 Å². The van der Waals surface area contributed by atoms with Gasteiger partial charge in [-0.2, -0.15) is 0 Å². The smallest absolute Gasteiger partial charge is 0.303 e. The molecule has 0 rings (SSSR count). The highest BCUT2D eigenvalue weighted by atomic mass is 32.2. The zero-order valence-electron chi connectivity index (χ0n) is 13.1. The van der Waals surface area contributed by atoms with Crippen LogP contribution in [0.3, 0.4) is 0 Å². The molecule has 0 heterocycles. The van der Waals surface area contributed by atoms with Crippen molar-refractivity contribution in [2.45, 2.75) is 59.3 Å². The summed E-state index contributed by atoms with van der Waals surface area (Å²) in [7, 11) is 0. The van der Waals surface area contributed by atoms with E-state index in [1.807, 2.05) is 24.8 Å². The molecule has 3 heteroatoms. The third-order valence-corrected chi connectivity index (χ3v) is 4.27. The Labute approximate surface area is 128 Å². The summed E-state index contributed by atoms with van der Waals surface area (Å²) in [5.74, 6) is 0.461. The highest BCUT2D eigenvalue weighted by Crippen LogP contribution is 2.22. The van der Waals surface area contributed by atoms with Gasteiger partial charge >= 0.3 is 5.97 Å². The molecule has 0 aliphatic rings. The molecule has 0 spiro atoms. The molecule has 114 valence electrons. The van der Waals surface area contributed by atoms with E-state index in [9.17, 15) is 4.79 Å². The molecular weight excluding hydrogens is 268 g/mol. The second-order valence-corrected chi connectivity index (χ2v) is 6.49. The maximum atomic E-state index is 10.3. The molecule has 2 nitrogen and oxygen atoms in total. The highest BCUT2D eigenvalue weighted by Gasteiger charge is 1.98. The minimum atomic E-state index is -0.681. The molecule has 0 aliphatic carbocycles. The molecule has 0 saturated carbocycles. The molecule has 0 aromatic carbocycles. The molecule has 0 aliphatic heterocycles. The third-order valence-electron chi connectivity index (χ3n) is 3.03. The number of allylic oxidation sites excluding steroid dienone is 5. The van der Waals surface area contributed by atoms with Gasteiger partial charge in [0, 0.05) is 6.42 Å². The van der Waals surface area contributed by atoms with Crippen LogP contribution in [0.5, 0.6) is 0 Å². The zero-order chi connectivity index (χ0) is 15.4. The first kappa shape index (κ1) is 19.0. The van der Waals surface area contributed by atoms with E-state index < -0.39 is 5.97 Å². The van der Waals surface area contributed by atoms with Crippen LogP contribution in [0.4, 0.5) is 0 Å². The van der Waals surface area contributed by atoms with Crippen LogP contribution in [0.15, 0.2) is 34.8 Å².